The highest BCUT2D eigenvalue weighted by Gasteiger charge is 2.08. The number of aromatic nitrogens is 2. The van der Waals surface area contributed by atoms with Crippen LogP contribution in [-0.4, -0.2) is 9.97 Å². The van der Waals surface area contributed by atoms with E-state index in [0.717, 1.165) is 22.7 Å². The van der Waals surface area contributed by atoms with Crippen LogP contribution in [0.25, 0.3) is 11.4 Å². The molecule has 2 aromatic heterocycles. The number of rotatable bonds is 4. The Morgan fingerprint density at radius 2 is 1.68 bits per heavy atom. The Bertz CT molecular complexity index is 740. The van der Waals surface area contributed by atoms with Gasteiger partial charge in [-0.25, -0.2) is 0 Å². The van der Waals surface area contributed by atoms with Crippen molar-refractivity contribution in [2.45, 2.75) is 13.0 Å². The topological polar surface area (TPSA) is 61.0 Å². The fourth-order valence-electron chi connectivity index (χ4n) is 2.18. The van der Waals surface area contributed by atoms with Crippen LogP contribution >= 0.6 is 0 Å². The average Bonchev–Trinajstić information content (AvgIpc) is 2.57. The van der Waals surface area contributed by atoms with Crippen molar-refractivity contribution in [3.63, 3.8) is 0 Å². The second-order valence-corrected chi connectivity index (χ2v) is 5.02. The van der Waals surface area contributed by atoms with Crippen molar-refractivity contribution < 1.29 is 4.74 Å². The number of para-hydroxylation sites is 1. The third-order valence-electron chi connectivity index (χ3n) is 3.30. The molecule has 0 radical (unpaired) electrons. The molecule has 0 aliphatic rings. The predicted octanol–water partition coefficient (Wildman–Crippen LogP) is 3.96. The van der Waals surface area contributed by atoms with Crippen LogP contribution in [0.1, 0.15) is 18.5 Å². The first kappa shape index (κ1) is 14.2. The number of nitrogens with zero attached hydrogens (tertiary/aromatic N) is 2. The zero-order valence-corrected chi connectivity index (χ0v) is 12.3. The Morgan fingerprint density at radius 3 is 2.36 bits per heavy atom. The van der Waals surface area contributed by atoms with Gasteiger partial charge in [0.05, 0.1) is 17.6 Å². The number of nitrogens with two attached hydrogens (primary N) is 1. The first-order valence-corrected chi connectivity index (χ1v) is 7.14. The molecule has 1 aromatic carbocycles. The van der Waals surface area contributed by atoms with E-state index in [4.69, 9.17) is 10.5 Å². The lowest BCUT2D eigenvalue weighted by Gasteiger charge is -2.13. The third kappa shape index (κ3) is 3.13. The molecule has 0 amide bonds. The van der Waals surface area contributed by atoms with Gasteiger partial charge in [0.1, 0.15) is 11.5 Å². The number of hydrogen-bond acceptors (Lipinski definition) is 4. The Balaban J connectivity index is 1.83. The van der Waals surface area contributed by atoms with Crippen LogP contribution in [0.2, 0.25) is 0 Å². The third-order valence-corrected chi connectivity index (χ3v) is 3.30. The zero-order chi connectivity index (χ0) is 15.4. The van der Waals surface area contributed by atoms with Crippen molar-refractivity contribution >= 4 is 0 Å². The van der Waals surface area contributed by atoms with Crippen LogP contribution in [0.3, 0.4) is 0 Å². The molecule has 2 heterocycles. The molecule has 0 saturated heterocycles. The SMILES string of the molecule is C[C@@H](N)c1ccccc1Oc1ccc(-c2ccccn2)nc1. The highest BCUT2D eigenvalue weighted by Crippen LogP contribution is 2.28. The molecule has 22 heavy (non-hydrogen) atoms. The molecule has 2 N–H and O–H groups in total. The van der Waals surface area contributed by atoms with Gasteiger partial charge in [0.2, 0.25) is 0 Å². The van der Waals surface area contributed by atoms with Gasteiger partial charge in [-0.3, -0.25) is 9.97 Å². The van der Waals surface area contributed by atoms with Crippen molar-refractivity contribution in [1.29, 1.82) is 0 Å². The monoisotopic (exact) mass is 291 g/mol. The van der Waals surface area contributed by atoms with Crippen molar-refractivity contribution in [2.75, 3.05) is 0 Å². The van der Waals surface area contributed by atoms with Crippen molar-refractivity contribution in [1.82, 2.24) is 9.97 Å². The first-order chi connectivity index (χ1) is 10.7. The normalized spacial score (nSPS) is 11.9. The minimum absolute atomic E-state index is 0.0862. The molecule has 4 nitrogen and oxygen atoms in total. The van der Waals surface area contributed by atoms with Gasteiger partial charge >= 0.3 is 0 Å². The molecule has 0 aliphatic heterocycles. The first-order valence-electron chi connectivity index (χ1n) is 7.14. The molecule has 110 valence electrons. The maximum absolute atomic E-state index is 5.96. The average molecular weight is 291 g/mol. The van der Waals surface area contributed by atoms with Crippen molar-refractivity contribution in [3.8, 4) is 22.9 Å². The number of hydrogen-bond donors (Lipinski definition) is 1. The summed E-state index contributed by atoms with van der Waals surface area (Å²) in [6.45, 7) is 1.94. The summed E-state index contributed by atoms with van der Waals surface area (Å²) in [5.41, 5.74) is 8.58. The van der Waals surface area contributed by atoms with E-state index in [9.17, 15) is 0 Å². The van der Waals surface area contributed by atoms with Gasteiger partial charge in [-0.1, -0.05) is 24.3 Å². The number of benzene rings is 1. The molecular formula is C18H17N3O. The lowest BCUT2D eigenvalue weighted by molar-refractivity contribution is 0.470. The summed E-state index contributed by atoms with van der Waals surface area (Å²) >= 11 is 0. The summed E-state index contributed by atoms with van der Waals surface area (Å²) in [4.78, 5) is 8.68. The van der Waals surface area contributed by atoms with Gasteiger partial charge in [-0.05, 0) is 37.3 Å². The van der Waals surface area contributed by atoms with Crippen LogP contribution in [-0.2, 0) is 0 Å². The predicted molar refractivity (Wildman–Crippen MR) is 86.6 cm³/mol. The maximum Gasteiger partial charge on any atom is 0.145 e. The summed E-state index contributed by atoms with van der Waals surface area (Å²) < 4.78 is 5.90. The smallest absolute Gasteiger partial charge is 0.145 e. The molecule has 4 heteroatoms. The van der Waals surface area contributed by atoms with Crippen LogP contribution in [0.5, 0.6) is 11.5 Å². The number of pyridine rings is 2. The van der Waals surface area contributed by atoms with Crippen molar-refractivity contribution in [3.05, 3.63) is 72.6 Å². The van der Waals surface area contributed by atoms with E-state index in [0.29, 0.717) is 5.75 Å². The second-order valence-electron chi connectivity index (χ2n) is 5.02. The standard InChI is InChI=1S/C18H17N3O/c1-13(19)15-6-2-3-8-18(15)22-14-9-10-17(21-12-14)16-7-4-5-11-20-16/h2-13H,19H2,1H3/t13-/m1/s1. The molecule has 0 unspecified atom stereocenters. The largest absolute Gasteiger partial charge is 0.455 e. The molecule has 1 atom stereocenters. The second kappa shape index (κ2) is 6.37. The summed E-state index contributed by atoms with van der Waals surface area (Å²) in [7, 11) is 0. The minimum Gasteiger partial charge on any atom is -0.455 e. The van der Waals surface area contributed by atoms with E-state index in [1.165, 1.54) is 0 Å². The highest BCUT2D eigenvalue weighted by molar-refractivity contribution is 5.54. The van der Waals surface area contributed by atoms with Crippen LogP contribution < -0.4 is 10.5 Å². The Labute approximate surface area is 129 Å². The number of ether oxygens (including phenoxy) is 1. The van der Waals surface area contributed by atoms with Crippen LogP contribution in [0.15, 0.2) is 67.0 Å². The van der Waals surface area contributed by atoms with Gasteiger partial charge < -0.3 is 10.5 Å². The lowest BCUT2D eigenvalue weighted by Crippen LogP contribution is -2.06. The van der Waals surface area contributed by atoms with E-state index >= 15 is 0 Å². The van der Waals surface area contributed by atoms with Gasteiger partial charge in [-0.15, -0.1) is 0 Å². The Morgan fingerprint density at radius 1 is 0.909 bits per heavy atom. The van der Waals surface area contributed by atoms with Crippen LogP contribution in [0.4, 0.5) is 0 Å². The van der Waals surface area contributed by atoms with Crippen LogP contribution in [0, 0.1) is 0 Å². The maximum atomic E-state index is 5.96. The molecule has 0 spiro atoms. The van der Waals surface area contributed by atoms with Gasteiger partial charge in [-0.2, -0.15) is 0 Å². The minimum atomic E-state index is -0.0862. The molecule has 0 bridgehead atoms. The van der Waals surface area contributed by atoms with Gasteiger partial charge in [0.15, 0.2) is 0 Å². The summed E-state index contributed by atoms with van der Waals surface area (Å²) in [5.74, 6) is 1.43. The zero-order valence-electron chi connectivity index (χ0n) is 12.3. The summed E-state index contributed by atoms with van der Waals surface area (Å²) in [6.07, 6.45) is 3.45. The van der Waals surface area contributed by atoms with E-state index in [2.05, 4.69) is 9.97 Å². The van der Waals surface area contributed by atoms with E-state index < -0.39 is 0 Å². The van der Waals surface area contributed by atoms with E-state index in [1.54, 1.807) is 12.4 Å². The van der Waals surface area contributed by atoms with Gasteiger partial charge in [0, 0.05) is 17.8 Å². The fraction of sp³-hybridized carbons (Fsp3) is 0.111. The molecule has 0 fully saturated rings. The summed E-state index contributed by atoms with van der Waals surface area (Å²) in [6, 6.07) is 17.2. The highest BCUT2D eigenvalue weighted by atomic mass is 16.5. The molecule has 3 rings (SSSR count). The molecule has 0 aliphatic carbocycles. The lowest BCUT2D eigenvalue weighted by atomic mass is 10.1. The van der Waals surface area contributed by atoms with E-state index in [-0.39, 0.29) is 6.04 Å². The molecule has 0 saturated carbocycles. The molecule has 3 aromatic rings. The van der Waals surface area contributed by atoms with E-state index in [1.807, 2.05) is 61.5 Å². The fourth-order valence-corrected chi connectivity index (χ4v) is 2.18. The molecular weight excluding hydrogens is 274 g/mol. The van der Waals surface area contributed by atoms with Gasteiger partial charge in [0.25, 0.3) is 0 Å². The Hall–Kier alpha value is -2.72. The summed E-state index contributed by atoms with van der Waals surface area (Å²) in [5, 5.41) is 0. The Kier molecular flexibility index (Phi) is 4.12. The quantitative estimate of drug-likeness (QED) is 0.790. The van der Waals surface area contributed by atoms with Crippen molar-refractivity contribution in [2.24, 2.45) is 5.73 Å².